The highest BCUT2D eigenvalue weighted by Gasteiger charge is 2.38. The zero-order chi connectivity index (χ0) is 28.9. The highest BCUT2D eigenvalue weighted by atomic mass is 35.5. The molecule has 3 heterocycles. The normalized spacial score (nSPS) is 17.7. The van der Waals surface area contributed by atoms with Gasteiger partial charge in [-0.15, -0.1) is 0 Å². The number of rotatable bonds is 10. The molecule has 0 spiro atoms. The number of halogens is 1. The number of fused-ring (bicyclic) bond motifs is 1. The summed E-state index contributed by atoms with van der Waals surface area (Å²) in [6.07, 6.45) is 3.59. The molecule has 41 heavy (non-hydrogen) atoms. The van der Waals surface area contributed by atoms with Crippen molar-refractivity contribution in [2.45, 2.75) is 44.3 Å². The number of hydrogen-bond acceptors (Lipinski definition) is 8. The van der Waals surface area contributed by atoms with E-state index in [-0.39, 0.29) is 37.0 Å². The molecular formula is C30H34ClN5O5. The molecule has 3 N–H and O–H groups in total. The minimum Gasteiger partial charge on any atom is -0.497 e. The number of amides is 2. The van der Waals surface area contributed by atoms with E-state index in [1.165, 1.54) is 4.90 Å². The summed E-state index contributed by atoms with van der Waals surface area (Å²) < 4.78 is 10.7. The second kappa shape index (κ2) is 12.8. The molecule has 10 nitrogen and oxygen atoms in total. The number of benzene rings is 2. The van der Waals surface area contributed by atoms with Crippen LogP contribution in [0.5, 0.6) is 5.75 Å². The maximum absolute atomic E-state index is 13.6. The number of carbonyl (C=O) groups excluding carboxylic acids is 2. The van der Waals surface area contributed by atoms with Gasteiger partial charge in [0.15, 0.2) is 0 Å². The molecule has 216 valence electrons. The van der Waals surface area contributed by atoms with Crippen LogP contribution in [0.25, 0.3) is 11.3 Å². The molecule has 0 aliphatic carbocycles. The zero-order valence-electron chi connectivity index (χ0n) is 23.1. The van der Waals surface area contributed by atoms with Crippen LogP contribution in [0.3, 0.4) is 0 Å². The van der Waals surface area contributed by atoms with E-state index in [4.69, 9.17) is 21.1 Å². The maximum Gasteiger partial charge on any atom is 0.255 e. The van der Waals surface area contributed by atoms with E-state index in [2.05, 4.69) is 20.6 Å². The molecule has 1 aromatic heterocycles. The minimum atomic E-state index is -0.430. The summed E-state index contributed by atoms with van der Waals surface area (Å²) in [5.74, 6) is 0.579. The third-order valence-corrected chi connectivity index (χ3v) is 7.82. The monoisotopic (exact) mass is 579 g/mol. The molecule has 0 bridgehead atoms. The van der Waals surface area contributed by atoms with Crippen molar-refractivity contribution in [3.8, 4) is 17.0 Å². The van der Waals surface area contributed by atoms with Gasteiger partial charge in [0.1, 0.15) is 12.3 Å². The number of nitrogens with zero attached hydrogens (tertiary/aromatic N) is 3. The zero-order valence-corrected chi connectivity index (χ0v) is 23.9. The van der Waals surface area contributed by atoms with Crippen LogP contribution in [-0.4, -0.2) is 71.3 Å². The van der Waals surface area contributed by atoms with Crippen molar-refractivity contribution in [3.63, 3.8) is 0 Å². The van der Waals surface area contributed by atoms with Crippen LogP contribution in [0.1, 0.15) is 59.8 Å². The summed E-state index contributed by atoms with van der Waals surface area (Å²) in [6, 6.07) is 12.4. The number of ether oxygens (including phenoxy) is 2. The van der Waals surface area contributed by atoms with Crippen LogP contribution >= 0.6 is 11.6 Å². The lowest BCUT2D eigenvalue weighted by Gasteiger charge is -2.25. The molecule has 2 atom stereocenters. The van der Waals surface area contributed by atoms with Gasteiger partial charge in [-0.3, -0.25) is 9.59 Å². The first-order chi connectivity index (χ1) is 19.9. The van der Waals surface area contributed by atoms with Gasteiger partial charge in [0.2, 0.25) is 11.9 Å². The number of methoxy groups -OCH3 is 1. The third-order valence-electron chi connectivity index (χ3n) is 7.54. The molecule has 0 radical (unpaired) electrons. The van der Waals surface area contributed by atoms with Gasteiger partial charge in [0, 0.05) is 37.0 Å². The second-order valence-corrected chi connectivity index (χ2v) is 10.7. The lowest BCUT2D eigenvalue weighted by atomic mass is 9.99. The smallest absolute Gasteiger partial charge is 0.255 e. The summed E-state index contributed by atoms with van der Waals surface area (Å²) in [5.41, 5.74) is 3.28. The lowest BCUT2D eigenvalue weighted by Crippen LogP contribution is -2.40. The Hall–Kier alpha value is -3.73. The average molecular weight is 580 g/mol. The van der Waals surface area contributed by atoms with Crippen molar-refractivity contribution >= 4 is 29.4 Å². The Morgan fingerprint density at radius 2 is 2.05 bits per heavy atom. The predicted molar refractivity (Wildman–Crippen MR) is 155 cm³/mol. The van der Waals surface area contributed by atoms with Gasteiger partial charge in [0.05, 0.1) is 36.1 Å². The van der Waals surface area contributed by atoms with Crippen molar-refractivity contribution in [2.24, 2.45) is 0 Å². The molecule has 3 aromatic rings. The number of anilines is 1. The van der Waals surface area contributed by atoms with Gasteiger partial charge >= 0.3 is 0 Å². The summed E-state index contributed by atoms with van der Waals surface area (Å²) in [6.45, 7) is 2.98. The Bertz CT molecular complexity index is 1410. The summed E-state index contributed by atoms with van der Waals surface area (Å²) in [5, 5.41) is 16.5. The van der Waals surface area contributed by atoms with Gasteiger partial charge in [-0.1, -0.05) is 35.9 Å². The number of aliphatic hydroxyl groups is 1. The fourth-order valence-electron chi connectivity index (χ4n) is 5.36. The van der Waals surface area contributed by atoms with Crippen molar-refractivity contribution in [2.75, 3.05) is 38.8 Å². The predicted octanol–water partition coefficient (Wildman–Crippen LogP) is 4.15. The minimum absolute atomic E-state index is 0.129. The van der Waals surface area contributed by atoms with Crippen molar-refractivity contribution in [1.82, 2.24) is 20.2 Å². The first-order valence-electron chi connectivity index (χ1n) is 13.7. The largest absolute Gasteiger partial charge is 0.497 e. The van der Waals surface area contributed by atoms with E-state index in [1.54, 1.807) is 19.4 Å². The molecule has 11 heteroatoms. The van der Waals surface area contributed by atoms with Crippen LogP contribution in [0.2, 0.25) is 5.02 Å². The highest BCUT2D eigenvalue weighted by Crippen LogP contribution is 2.38. The van der Waals surface area contributed by atoms with E-state index in [9.17, 15) is 14.7 Å². The molecule has 5 rings (SSSR count). The van der Waals surface area contributed by atoms with E-state index in [1.807, 2.05) is 43.3 Å². The maximum atomic E-state index is 13.6. The molecule has 0 saturated carbocycles. The summed E-state index contributed by atoms with van der Waals surface area (Å²) in [4.78, 5) is 37.2. The topological polar surface area (TPSA) is 126 Å². The molecule has 2 amide bonds. The van der Waals surface area contributed by atoms with Gasteiger partial charge < -0.3 is 30.1 Å². The van der Waals surface area contributed by atoms with Gasteiger partial charge in [0.25, 0.3) is 5.91 Å². The first kappa shape index (κ1) is 28.8. The van der Waals surface area contributed by atoms with Gasteiger partial charge in [-0.25, -0.2) is 9.97 Å². The number of aliphatic hydroxyl groups excluding tert-OH is 1. The Morgan fingerprint density at radius 3 is 2.80 bits per heavy atom. The molecular weight excluding hydrogens is 546 g/mol. The van der Waals surface area contributed by atoms with Crippen molar-refractivity contribution in [1.29, 1.82) is 0 Å². The van der Waals surface area contributed by atoms with Crippen LogP contribution < -0.4 is 15.4 Å². The highest BCUT2D eigenvalue weighted by molar-refractivity contribution is 6.33. The van der Waals surface area contributed by atoms with E-state index >= 15 is 0 Å². The lowest BCUT2D eigenvalue weighted by molar-refractivity contribution is -0.122. The molecule has 2 aromatic carbocycles. The van der Waals surface area contributed by atoms with Gasteiger partial charge in [-0.05, 0) is 55.5 Å². The van der Waals surface area contributed by atoms with E-state index in [0.29, 0.717) is 53.2 Å². The Balaban J connectivity index is 1.34. The number of nitrogens with one attached hydrogen (secondary N) is 2. The Labute approximate surface area is 244 Å². The van der Waals surface area contributed by atoms with E-state index in [0.717, 1.165) is 24.0 Å². The number of hydrogen-bond donors (Lipinski definition) is 3. The standard InChI is InChI=1S/C30H34ClN5O5/c1-18(19-4-3-5-22(14-19)40-2)33-27(38)17-36-26(8-11-37)23-7-6-20(15-24(23)29(36)39)28-25(31)16-32-30(35-28)34-21-9-12-41-13-10-21/h3-7,14-16,18,21,26,37H,8-13,17H2,1-2H3,(H,33,38)(H,32,34,35)/t18-,26?/m1/s1. The molecule has 1 fully saturated rings. The average Bonchev–Trinajstić information content (AvgIpc) is 3.24. The van der Waals surface area contributed by atoms with Crippen LogP contribution in [0.4, 0.5) is 5.95 Å². The van der Waals surface area contributed by atoms with Crippen molar-refractivity contribution < 1.29 is 24.2 Å². The van der Waals surface area contributed by atoms with Crippen LogP contribution in [0, 0.1) is 0 Å². The number of carbonyl (C=O) groups is 2. The van der Waals surface area contributed by atoms with Crippen LogP contribution in [-0.2, 0) is 9.53 Å². The van der Waals surface area contributed by atoms with Gasteiger partial charge in [-0.2, -0.15) is 0 Å². The first-order valence-corrected chi connectivity index (χ1v) is 14.1. The summed E-state index contributed by atoms with van der Waals surface area (Å²) in [7, 11) is 1.59. The molecule has 2 aliphatic rings. The fraction of sp³-hybridized carbons (Fsp3) is 0.400. The fourth-order valence-corrected chi connectivity index (χ4v) is 5.56. The summed E-state index contributed by atoms with van der Waals surface area (Å²) >= 11 is 6.49. The molecule has 1 saturated heterocycles. The Morgan fingerprint density at radius 1 is 1.24 bits per heavy atom. The third kappa shape index (κ3) is 6.45. The van der Waals surface area contributed by atoms with Crippen LogP contribution in [0.15, 0.2) is 48.7 Å². The van der Waals surface area contributed by atoms with Crippen molar-refractivity contribution in [3.05, 3.63) is 70.4 Å². The van der Waals surface area contributed by atoms with E-state index < -0.39 is 6.04 Å². The Kier molecular flexibility index (Phi) is 9.02. The number of aromatic nitrogens is 2. The molecule has 1 unspecified atom stereocenters. The molecule has 2 aliphatic heterocycles. The quantitative estimate of drug-likeness (QED) is 0.327. The second-order valence-electron chi connectivity index (χ2n) is 10.3. The SMILES string of the molecule is COc1cccc([C@@H](C)NC(=O)CN2C(=O)c3cc(-c4nc(NC5CCOCC5)ncc4Cl)ccc3C2CCO)c1.